The second-order valence-corrected chi connectivity index (χ2v) is 5.17. The van der Waals surface area contributed by atoms with Crippen LogP contribution in [0.5, 0.6) is 0 Å². The first kappa shape index (κ1) is 14.7. The number of anilines is 1. The highest BCUT2D eigenvalue weighted by Crippen LogP contribution is 2.16. The molecule has 1 unspecified atom stereocenters. The van der Waals surface area contributed by atoms with Crippen molar-refractivity contribution in [3.8, 4) is 0 Å². The molecule has 1 saturated heterocycles. The Morgan fingerprint density at radius 2 is 2.10 bits per heavy atom. The molecular weight excluding hydrogens is 259 g/mol. The summed E-state index contributed by atoms with van der Waals surface area (Å²) in [6.07, 6.45) is 2.11. The lowest BCUT2D eigenvalue weighted by Crippen LogP contribution is -2.51. The number of nitrogen functional groups attached to an aromatic ring is 1. The van der Waals surface area contributed by atoms with Crippen molar-refractivity contribution < 1.29 is 9.18 Å². The van der Waals surface area contributed by atoms with Crippen molar-refractivity contribution in [2.24, 2.45) is 0 Å². The van der Waals surface area contributed by atoms with Crippen LogP contribution in [0.15, 0.2) is 12.3 Å². The Morgan fingerprint density at radius 3 is 2.70 bits per heavy atom. The van der Waals surface area contributed by atoms with Crippen LogP contribution in [0, 0.1) is 5.82 Å². The van der Waals surface area contributed by atoms with Gasteiger partial charge in [0.25, 0.3) is 5.91 Å². The molecule has 2 rings (SSSR count). The van der Waals surface area contributed by atoms with Crippen molar-refractivity contribution in [3.63, 3.8) is 0 Å². The van der Waals surface area contributed by atoms with Crippen LogP contribution in [0.2, 0.25) is 0 Å². The molecule has 0 bridgehead atoms. The minimum atomic E-state index is -0.541. The number of piperazine rings is 1. The number of nitrogens with zero attached hydrogens (tertiary/aromatic N) is 3. The van der Waals surface area contributed by atoms with Crippen molar-refractivity contribution in [2.75, 3.05) is 31.9 Å². The zero-order valence-corrected chi connectivity index (χ0v) is 12.0. The Labute approximate surface area is 118 Å². The fraction of sp³-hybridized carbons (Fsp3) is 0.571. The highest BCUT2D eigenvalue weighted by atomic mass is 19.1. The zero-order valence-electron chi connectivity index (χ0n) is 12.0. The number of pyridine rings is 1. The van der Waals surface area contributed by atoms with Crippen LogP contribution in [0.4, 0.5) is 10.2 Å². The number of hydrogen-bond donors (Lipinski definition) is 1. The third-order valence-electron chi connectivity index (χ3n) is 3.93. The van der Waals surface area contributed by atoms with Gasteiger partial charge in [-0.15, -0.1) is 0 Å². The number of hydrogen-bond acceptors (Lipinski definition) is 4. The molecule has 2 heterocycles. The molecule has 0 aromatic carbocycles. The molecule has 0 radical (unpaired) electrons. The minimum absolute atomic E-state index is 0.0840. The Balaban J connectivity index is 2.03. The first-order valence-electron chi connectivity index (χ1n) is 6.97. The third-order valence-corrected chi connectivity index (χ3v) is 3.93. The van der Waals surface area contributed by atoms with E-state index >= 15 is 0 Å². The van der Waals surface area contributed by atoms with Gasteiger partial charge < -0.3 is 10.6 Å². The summed E-state index contributed by atoms with van der Waals surface area (Å²) in [6.45, 7) is 7.29. The summed E-state index contributed by atoms with van der Waals surface area (Å²) in [7, 11) is 0. The minimum Gasteiger partial charge on any atom is -0.383 e. The summed E-state index contributed by atoms with van der Waals surface area (Å²) in [6, 6.07) is 1.68. The van der Waals surface area contributed by atoms with Gasteiger partial charge in [0.1, 0.15) is 11.6 Å². The van der Waals surface area contributed by atoms with Gasteiger partial charge in [-0.1, -0.05) is 6.92 Å². The van der Waals surface area contributed by atoms with E-state index in [-0.39, 0.29) is 17.3 Å². The lowest BCUT2D eigenvalue weighted by Gasteiger charge is -2.37. The Hall–Kier alpha value is -1.69. The van der Waals surface area contributed by atoms with Gasteiger partial charge in [-0.25, -0.2) is 9.37 Å². The number of halogens is 1. The largest absolute Gasteiger partial charge is 0.383 e. The molecule has 1 aromatic heterocycles. The second-order valence-electron chi connectivity index (χ2n) is 5.17. The molecule has 5 nitrogen and oxygen atoms in total. The van der Waals surface area contributed by atoms with Gasteiger partial charge in [0.05, 0.1) is 11.8 Å². The maximum Gasteiger partial charge on any atom is 0.257 e. The van der Waals surface area contributed by atoms with Gasteiger partial charge in [0.2, 0.25) is 0 Å². The monoisotopic (exact) mass is 280 g/mol. The van der Waals surface area contributed by atoms with Crippen LogP contribution in [0.1, 0.15) is 30.6 Å². The highest BCUT2D eigenvalue weighted by molar-refractivity contribution is 5.98. The van der Waals surface area contributed by atoms with Gasteiger partial charge in [-0.3, -0.25) is 9.69 Å². The second kappa shape index (κ2) is 6.17. The molecular formula is C14H21FN4O. The molecule has 2 N–H and O–H groups in total. The van der Waals surface area contributed by atoms with E-state index in [0.29, 0.717) is 19.1 Å². The quantitative estimate of drug-likeness (QED) is 0.908. The number of rotatable bonds is 3. The van der Waals surface area contributed by atoms with E-state index in [4.69, 9.17) is 5.73 Å². The average molecular weight is 280 g/mol. The van der Waals surface area contributed by atoms with Crippen LogP contribution in [-0.4, -0.2) is 52.9 Å². The lowest BCUT2D eigenvalue weighted by molar-refractivity contribution is 0.0580. The number of nitrogens with two attached hydrogens (primary N) is 1. The fourth-order valence-corrected chi connectivity index (χ4v) is 2.42. The molecule has 1 aromatic rings. The Morgan fingerprint density at radius 1 is 1.45 bits per heavy atom. The molecule has 20 heavy (non-hydrogen) atoms. The number of aromatic nitrogens is 1. The molecule has 0 aliphatic carbocycles. The lowest BCUT2D eigenvalue weighted by atomic mass is 10.1. The molecule has 1 fully saturated rings. The number of carbonyl (C=O) groups excluding carboxylic acids is 1. The predicted molar refractivity (Wildman–Crippen MR) is 75.8 cm³/mol. The van der Waals surface area contributed by atoms with Gasteiger partial charge in [-0.05, 0) is 19.4 Å². The predicted octanol–water partition coefficient (Wildman–Crippen LogP) is 1.36. The van der Waals surface area contributed by atoms with Gasteiger partial charge in [-0.2, -0.15) is 0 Å². The van der Waals surface area contributed by atoms with Crippen molar-refractivity contribution >= 4 is 11.7 Å². The fourth-order valence-electron chi connectivity index (χ4n) is 2.42. The van der Waals surface area contributed by atoms with Crippen LogP contribution >= 0.6 is 0 Å². The Bertz CT molecular complexity index is 486. The van der Waals surface area contributed by atoms with Gasteiger partial charge in [0, 0.05) is 32.2 Å². The van der Waals surface area contributed by atoms with Crippen LogP contribution in [0.25, 0.3) is 0 Å². The summed E-state index contributed by atoms with van der Waals surface area (Å²) < 4.78 is 13.2. The third kappa shape index (κ3) is 3.07. The van der Waals surface area contributed by atoms with E-state index in [1.807, 2.05) is 0 Å². The van der Waals surface area contributed by atoms with Crippen LogP contribution in [-0.2, 0) is 0 Å². The van der Waals surface area contributed by atoms with E-state index in [9.17, 15) is 9.18 Å². The summed E-state index contributed by atoms with van der Waals surface area (Å²) in [5, 5.41) is 0. The smallest absolute Gasteiger partial charge is 0.257 e. The number of carbonyl (C=O) groups is 1. The van der Waals surface area contributed by atoms with Gasteiger partial charge >= 0.3 is 0 Å². The molecule has 0 spiro atoms. The SMILES string of the molecule is CCC(C)N1CCN(C(=O)c2cc(F)cnc2N)CC1. The first-order chi connectivity index (χ1) is 9.52. The zero-order chi connectivity index (χ0) is 14.7. The molecule has 1 aliphatic rings. The van der Waals surface area contributed by atoms with Crippen LogP contribution in [0.3, 0.4) is 0 Å². The molecule has 6 heteroatoms. The molecule has 1 aliphatic heterocycles. The molecule has 1 atom stereocenters. The van der Waals surface area contributed by atoms with E-state index in [1.54, 1.807) is 4.90 Å². The summed E-state index contributed by atoms with van der Waals surface area (Å²) in [4.78, 5) is 20.1. The number of amides is 1. The standard InChI is InChI=1S/C14H21FN4O/c1-3-10(2)18-4-6-19(7-5-18)14(20)12-8-11(15)9-17-13(12)16/h8-10H,3-7H2,1-2H3,(H2,16,17). The summed E-state index contributed by atoms with van der Waals surface area (Å²) in [5.74, 6) is -0.695. The average Bonchev–Trinajstić information content (AvgIpc) is 2.48. The van der Waals surface area contributed by atoms with Crippen molar-refractivity contribution in [1.82, 2.24) is 14.8 Å². The van der Waals surface area contributed by atoms with Crippen molar-refractivity contribution in [1.29, 1.82) is 0 Å². The maximum absolute atomic E-state index is 13.2. The van der Waals surface area contributed by atoms with E-state index in [2.05, 4.69) is 23.7 Å². The molecule has 1 amide bonds. The van der Waals surface area contributed by atoms with Crippen LogP contribution < -0.4 is 5.73 Å². The molecule has 0 saturated carbocycles. The van der Waals surface area contributed by atoms with E-state index in [1.165, 1.54) is 0 Å². The van der Waals surface area contributed by atoms with Crippen molar-refractivity contribution in [3.05, 3.63) is 23.6 Å². The van der Waals surface area contributed by atoms with E-state index < -0.39 is 5.82 Å². The highest BCUT2D eigenvalue weighted by Gasteiger charge is 2.25. The Kier molecular flexibility index (Phi) is 4.54. The molecule has 110 valence electrons. The maximum atomic E-state index is 13.2. The van der Waals surface area contributed by atoms with Gasteiger partial charge in [0.15, 0.2) is 0 Å². The summed E-state index contributed by atoms with van der Waals surface area (Å²) >= 11 is 0. The first-order valence-corrected chi connectivity index (χ1v) is 6.97. The normalized spacial score (nSPS) is 18.1. The summed E-state index contributed by atoms with van der Waals surface area (Å²) in [5.41, 5.74) is 5.81. The topological polar surface area (TPSA) is 62.5 Å². The van der Waals surface area contributed by atoms with Crippen molar-refractivity contribution in [2.45, 2.75) is 26.3 Å². The van der Waals surface area contributed by atoms with E-state index in [0.717, 1.165) is 31.8 Å².